The second kappa shape index (κ2) is 4.93. The number of hydrogen-bond donors (Lipinski definition) is 1. The van der Waals surface area contributed by atoms with Crippen molar-refractivity contribution in [1.29, 1.82) is 0 Å². The summed E-state index contributed by atoms with van der Waals surface area (Å²) in [6, 6.07) is 2.59. The van der Waals surface area contributed by atoms with E-state index in [1.54, 1.807) is 0 Å². The van der Waals surface area contributed by atoms with E-state index in [2.05, 4.69) is 0 Å². The Morgan fingerprint density at radius 3 is 2.25 bits per heavy atom. The molecule has 2 rings (SSSR count). The third-order valence-electron chi connectivity index (χ3n) is 3.91. The molecule has 0 radical (unpaired) electrons. The number of hydrogen-bond acceptors (Lipinski definition) is 4. The van der Waals surface area contributed by atoms with E-state index in [-0.39, 0.29) is 5.69 Å². The monoisotopic (exact) mass is 281 g/mol. The van der Waals surface area contributed by atoms with Crippen LogP contribution in [0.25, 0.3) is 0 Å². The quantitative estimate of drug-likeness (QED) is 0.681. The highest BCUT2D eigenvalue weighted by atomic mass is 19.1. The molecule has 0 amide bonds. The Kier molecular flexibility index (Phi) is 3.73. The van der Waals surface area contributed by atoms with E-state index in [0.29, 0.717) is 17.8 Å². The zero-order valence-electron chi connectivity index (χ0n) is 12.6. The molecule has 1 aliphatic rings. The molecule has 20 heavy (non-hydrogen) atoms. The van der Waals surface area contributed by atoms with Crippen molar-refractivity contribution in [2.45, 2.75) is 45.8 Å². The van der Waals surface area contributed by atoms with E-state index in [0.717, 1.165) is 0 Å². The number of halogens is 1. The van der Waals surface area contributed by atoms with Gasteiger partial charge in [0.15, 0.2) is 0 Å². The Morgan fingerprint density at radius 1 is 1.20 bits per heavy atom. The standard InChI is InChI=1S/C14H21BFNO3/c1-6-18-12-10(7-9(16)8-11(12)17)15-19-13(2,3)14(4,5)20-15/h7-8H,6,17H2,1-5H3. The van der Waals surface area contributed by atoms with Gasteiger partial charge in [0.05, 0.1) is 23.5 Å². The Balaban J connectivity index is 2.44. The van der Waals surface area contributed by atoms with Crippen LogP contribution in [0.2, 0.25) is 0 Å². The van der Waals surface area contributed by atoms with E-state index in [1.165, 1.54) is 12.1 Å². The lowest BCUT2D eigenvalue weighted by atomic mass is 9.78. The molecule has 1 fully saturated rings. The minimum Gasteiger partial charge on any atom is -0.492 e. The van der Waals surface area contributed by atoms with Crippen LogP contribution in [0.1, 0.15) is 34.6 Å². The number of ether oxygens (including phenoxy) is 1. The van der Waals surface area contributed by atoms with Crippen molar-refractivity contribution in [3.05, 3.63) is 17.9 Å². The van der Waals surface area contributed by atoms with Gasteiger partial charge in [-0.3, -0.25) is 0 Å². The largest absolute Gasteiger partial charge is 0.498 e. The molecule has 1 aromatic carbocycles. The second-order valence-electron chi connectivity index (χ2n) is 5.93. The maximum absolute atomic E-state index is 13.6. The molecule has 0 aromatic heterocycles. The summed E-state index contributed by atoms with van der Waals surface area (Å²) in [6.07, 6.45) is 0. The molecule has 1 aromatic rings. The molecule has 4 nitrogen and oxygen atoms in total. The number of benzene rings is 1. The summed E-state index contributed by atoms with van der Waals surface area (Å²) >= 11 is 0. The van der Waals surface area contributed by atoms with E-state index >= 15 is 0 Å². The Labute approximate surface area is 119 Å². The van der Waals surface area contributed by atoms with Crippen molar-refractivity contribution in [2.24, 2.45) is 0 Å². The number of anilines is 1. The van der Waals surface area contributed by atoms with Crippen LogP contribution in [0.3, 0.4) is 0 Å². The minimum absolute atomic E-state index is 0.247. The molecule has 0 bridgehead atoms. The minimum atomic E-state index is -0.695. The second-order valence-corrected chi connectivity index (χ2v) is 5.93. The number of nitrogens with two attached hydrogens (primary N) is 1. The molecule has 2 N–H and O–H groups in total. The fraction of sp³-hybridized carbons (Fsp3) is 0.571. The van der Waals surface area contributed by atoms with Gasteiger partial charge in [-0.05, 0) is 40.7 Å². The van der Waals surface area contributed by atoms with Gasteiger partial charge in [0.1, 0.15) is 11.6 Å². The summed E-state index contributed by atoms with van der Waals surface area (Å²) in [5, 5.41) is 0. The van der Waals surface area contributed by atoms with Gasteiger partial charge < -0.3 is 19.8 Å². The Bertz CT molecular complexity index is 503. The van der Waals surface area contributed by atoms with Crippen molar-refractivity contribution in [1.82, 2.24) is 0 Å². The summed E-state index contributed by atoms with van der Waals surface area (Å²) in [5.41, 5.74) is 5.58. The maximum Gasteiger partial charge on any atom is 0.498 e. The molecule has 6 heteroatoms. The SMILES string of the molecule is CCOc1c(N)cc(F)cc1B1OC(C)(C)C(C)(C)O1. The summed E-state index contributed by atoms with van der Waals surface area (Å²) < 4.78 is 31.0. The third-order valence-corrected chi connectivity index (χ3v) is 3.91. The van der Waals surface area contributed by atoms with Crippen molar-refractivity contribution in [3.63, 3.8) is 0 Å². The third kappa shape index (κ3) is 2.50. The van der Waals surface area contributed by atoms with Crippen molar-refractivity contribution in [2.75, 3.05) is 12.3 Å². The van der Waals surface area contributed by atoms with Gasteiger partial charge in [0.25, 0.3) is 0 Å². The van der Waals surface area contributed by atoms with E-state index in [9.17, 15) is 4.39 Å². The first-order valence-electron chi connectivity index (χ1n) is 6.75. The zero-order valence-corrected chi connectivity index (χ0v) is 12.6. The molecule has 0 aliphatic carbocycles. The predicted octanol–water partition coefficient (Wildman–Crippen LogP) is 2.11. The highest BCUT2D eigenvalue weighted by Crippen LogP contribution is 2.37. The Hall–Kier alpha value is -1.27. The van der Waals surface area contributed by atoms with Crippen LogP contribution in [0, 0.1) is 5.82 Å². The molecule has 110 valence electrons. The number of nitrogen functional groups attached to an aromatic ring is 1. The molecule has 1 aliphatic heterocycles. The first-order chi connectivity index (χ1) is 9.18. The average molecular weight is 281 g/mol. The summed E-state index contributed by atoms with van der Waals surface area (Å²) in [7, 11) is -0.695. The van der Waals surface area contributed by atoms with Gasteiger partial charge in [-0.1, -0.05) is 0 Å². The van der Waals surface area contributed by atoms with Crippen LogP contribution in [0.5, 0.6) is 5.75 Å². The predicted molar refractivity (Wildman–Crippen MR) is 77.7 cm³/mol. The molecule has 1 heterocycles. The number of rotatable bonds is 3. The van der Waals surface area contributed by atoms with Gasteiger partial charge in [0, 0.05) is 11.5 Å². The topological polar surface area (TPSA) is 53.7 Å². The fourth-order valence-electron chi connectivity index (χ4n) is 2.09. The molecule has 1 saturated heterocycles. The Morgan fingerprint density at radius 2 is 1.75 bits per heavy atom. The van der Waals surface area contributed by atoms with Gasteiger partial charge >= 0.3 is 7.12 Å². The molecule has 0 spiro atoms. The van der Waals surface area contributed by atoms with Crippen molar-refractivity contribution < 1.29 is 18.4 Å². The lowest BCUT2D eigenvalue weighted by Crippen LogP contribution is -2.41. The van der Waals surface area contributed by atoms with E-state index in [1.807, 2.05) is 34.6 Å². The van der Waals surface area contributed by atoms with Crippen molar-refractivity contribution in [3.8, 4) is 5.75 Å². The van der Waals surface area contributed by atoms with E-state index < -0.39 is 24.1 Å². The average Bonchev–Trinajstić information content (AvgIpc) is 2.51. The molecule has 0 atom stereocenters. The van der Waals surface area contributed by atoms with Gasteiger partial charge in [-0.15, -0.1) is 0 Å². The summed E-state index contributed by atoms with van der Waals surface area (Å²) in [6.45, 7) is 10.0. The summed E-state index contributed by atoms with van der Waals surface area (Å²) in [5.74, 6) is -0.0111. The van der Waals surface area contributed by atoms with Crippen LogP contribution in [-0.2, 0) is 9.31 Å². The maximum atomic E-state index is 13.6. The highest BCUT2D eigenvalue weighted by molar-refractivity contribution is 6.63. The fourth-order valence-corrected chi connectivity index (χ4v) is 2.09. The smallest absolute Gasteiger partial charge is 0.492 e. The van der Waals surface area contributed by atoms with Crippen LogP contribution in [-0.4, -0.2) is 24.9 Å². The highest BCUT2D eigenvalue weighted by Gasteiger charge is 2.52. The molecule has 0 unspecified atom stereocenters. The first kappa shape index (κ1) is 15.1. The lowest BCUT2D eigenvalue weighted by Gasteiger charge is -2.32. The van der Waals surface area contributed by atoms with Crippen LogP contribution < -0.4 is 15.9 Å². The molecule has 0 saturated carbocycles. The van der Waals surface area contributed by atoms with Crippen LogP contribution in [0.15, 0.2) is 12.1 Å². The van der Waals surface area contributed by atoms with Crippen LogP contribution >= 0.6 is 0 Å². The van der Waals surface area contributed by atoms with E-state index in [4.69, 9.17) is 19.8 Å². The lowest BCUT2D eigenvalue weighted by molar-refractivity contribution is 0.00578. The first-order valence-corrected chi connectivity index (χ1v) is 6.75. The van der Waals surface area contributed by atoms with Gasteiger partial charge in [-0.2, -0.15) is 0 Å². The zero-order chi connectivity index (χ0) is 15.1. The molecular weight excluding hydrogens is 260 g/mol. The van der Waals surface area contributed by atoms with Crippen molar-refractivity contribution >= 4 is 18.3 Å². The van der Waals surface area contributed by atoms with Crippen LogP contribution in [0.4, 0.5) is 10.1 Å². The van der Waals surface area contributed by atoms with Gasteiger partial charge in [-0.25, -0.2) is 4.39 Å². The summed E-state index contributed by atoms with van der Waals surface area (Å²) in [4.78, 5) is 0. The normalized spacial score (nSPS) is 20.2. The molecular formula is C14H21BFNO3. The van der Waals surface area contributed by atoms with Gasteiger partial charge in [0.2, 0.25) is 0 Å².